The summed E-state index contributed by atoms with van der Waals surface area (Å²) in [4.78, 5) is 2.46. The van der Waals surface area contributed by atoms with Crippen LogP contribution in [0.1, 0.15) is 24.8 Å². The highest BCUT2D eigenvalue weighted by atomic mass is 35.5. The molecule has 92 valence electrons. The predicted octanol–water partition coefficient (Wildman–Crippen LogP) is 2.98. The van der Waals surface area contributed by atoms with Gasteiger partial charge in [-0.25, -0.2) is 0 Å². The van der Waals surface area contributed by atoms with Gasteiger partial charge in [0.05, 0.1) is 0 Å². The number of anilines is 1. The van der Waals surface area contributed by atoms with E-state index in [2.05, 4.69) is 29.3 Å². The maximum absolute atomic E-state index is 6.08. The summed E-state index contributed by atoms with van der Waals surface area (Å²) in [7, 11) is 0. The largest absolute Gasteiger partial charge is 0.370 e. The molecule has 2 fully saturated rings. The molecule has 1 aromatic carbocycles. The lowest BCUT2D eigenvalue weighted by Gasteiger charge is -2.21. The molecule has 1 saturated heterocycles. The van der Waals surface area contributed by atoms with E-state index >= 15 is 0 Å². The Labute approximate surface area is 108 Å². The van der Waals surface area contributed by atoms with E-state index in [9.17, 15) is 0 Å². The molecule has 1 heterocycles. The second-order valence-electron chi connectivity index (χ2n) is 5.30. The highest BCUT2D eigenvalue weighted by Gasteiger charge is 2.29. The van der Waals surface area contributed by atoms with Gasteiger partial charge in [-0.2, -0.15) is 0 Å². The van der Waals surface area contributed by atoms with E-state index < -0.39 is 0 Å². The summed E-state index contributed by atoms with van der Waals surface area (Å²) in [6.45, 7) is 4.43. The minimum absolute atomic E-state index is 0.667. The molecule has 3 rings (SSSR count). The number of aryl methyl sites for hydroxylation is 1. The lowest BCUT2D eigenvalue weighted by molar-refractivity contribution is 0.548. The van der Waals surface area contributed by atoms with E-state index in [1.807, 2.05) is 6.07 Å². The van der Waals surface area contributed by atoms with Crippen molar-refractivity contribution >= 4 is 17.3 Å². The third kappa shape index (κ3) is 2.58. The molecule has 1 atom stereocenters. The topological polar surface area (TPSA) is 15.3 Å². The number of hydrogen-bond donors (Lipinski definition) is 1. The van der Waals surface area contributed by atoms with Crippen LogP contribution in [0.5, 0.6) is 0 Å². The molecule has 1 aromatic rings. The molecule has 1 unspecified atom stereocenters. The first-order chi connectivity index (χ1) is 8.22. The van der Waals surface area contributed by atoms with Crippen LogP contribution in [0, 0.1) is 6.92 Å². The van der Waals surface area contributed by atoms with Gasteiger partial charge in [0.15, 0.2) is 0 Å². The summed E-state index contributed by atoms with van der Waals surface area (Å²) in [5, 5.41) is 4.55. The van der Waals surface area contributed by atoms with Gasteiger partial charge in [-0.3, -0.25) is 0 Å². The first kappa shape index (κ1) is 11.4. The van der Waals surface area contributed by atoms with Crippen molar-refractivity contribution in [2.45, 2.75) is 38.3 Å². The maximum Gasteiger partial charge on any atom is 0.0426 e. The van der Waals surface area contributed by atoms with E-state index in [-0.39, 0.29) is 0 Å². The van der Waals surface area contributed by atoms with Crippen molar-refractivity contribution in [1.29, 1.82) is 0 Å². The molecular weight excluding hydrogens is 232 g/mol. The summed E-state index contributed by atoms with van der Waals surface area (Å²) in [5.41, 5.74) is 2.62. The van der Waals surface area contributed by atoms with Crippen LogP contribution in [0.15, 0.2) is 18.2 Å². The van der Waals surface area contributed by atoms with Crippen molar-refractivity contribution in [1.82, 2.24) is 5.32 Å². The minimum atomic E-state index is 0.667. The highest BCUT2D eigenvalue weighted by molar-refractivity contribution is 6.30. The first-order valence-electron chi connectivity index (χ1n) is 6.49. The Bertz CT molecular complexity index is 415. The second kappa shape index (κ2) is 4.51. The molecular formula is C14H19ClN2. The van der Waals surface area contributed by atoms with Crippen LogP contribution in [0.3, 0.4) is 0 Å². The fourth-order valence-electron chi connectivity index (χ4n) is 2.62. The van der Waals surface area contributed by atoms with Gasteiger partial charge in [-0.1, -0.05) is 17.7 Å². The Kier molecular flexibility index (Phi) is 3.01. The van der Waals surface area contributed by atoms with Gasteiger partial charge in [-0.15, -0.1) is 0 Å². The average Bonchev–Trinajstić information content (AvgIpc) is 2.99. The quantitative estimate of drug-likeness (QED) is 0.887. The molecule has 0 radical (unpaired) electrons. The van der Waals surface area contributed by atoms with Crippen molar-refractivity contribution in [3.8, 4) is 0 Å². The summed E-state index contributed by atoms with van der Waals surface area (Å²) in [6.07, 6.45) is 3.99. The Morgan fingerprint density at radius 1 is 1.24 bits per heavy atom. The van der Waals surface area contributed by atoms with Crippen LogP contribution in [0.2, 0.25) is 5.02 Å². The molecule has 0 spiro atoms. The zero-order valence-corrected chi connectivity index (χ0v) is 11.0. The zero-order valence-electron chi connectivity index (χ0n) is 10.2. The monoisotopic (exact) mass is 250 g/mol. The van der Waals surface area contributed by atoms with Crippen molar-refractivity contribution in [3.05, 3.63) is 28.8 Å². The third-order valence-corrected chi connectivity index (χ3v) is 3.98. The van der Waals surface area contributed by atoms with Gasteiger partial charge in [0, 0.05) is 35.9 Å². The lowest BCUT2D eigenvalue weighted by atomic mass is 10.2. The molecule has 1 aliphatic carbocycles. The third-order valence-electron chi connectivity index (χ3n) is 3.75. The van der Waals surface area contributed by atoms with Crippen LogP contribution >= 0.6 is 11.6 Å². The van der Waals surface area contributed by atoms with Crippen molar-refractivity contribution in [3.63, 3.8) is 0 Å². The molecule has 2 nitrogen and oxygen atoms in total. The summed E-state index contributed by atoms with van der Waals surface area (Å²) in [6, 6.07) is 7.65. The summed E-state index contributed by atoms with van der Waals surface area (Å²) >= 11 is 6.08. The Morgan fingerprint density at radius 3 is 2.82 bits per heavy atom. The van der Waals surface area contributed by atoms with Crippen molar-refractivity contribution < 1.29 is 0 Å². The molecule has 0 bridgehead atoms. The van der Waals surface area contributed by atoms with Crippen LogP contribution in [0.4, 0.5) is 5.69 Å². The summed E-state index contributed by atoms with van der Waals surface area (Å²) < 4.78 is 0. The van der Waals surface area contributed by atoms with Gasteiger partial charge < -0.3 is 10.2 Å². The predicted molar refractivity (Wildman–Crippen MR) is 73.0 cm³/mol. The Hall–Kier alpha value is -0.730. The van der Waals surface area contributed by atoms with Gasteiger partial charge >= 0.3 is 0 Å². The van der Waals surface area contributed by atoms with Crippen LogP contribution in [-0.2, 0) is 0 Å². The average molecular weight is 251 g/mol. The number of benzene rings is 1. The maximum atomic E-state index is 6.08. The molecule has 17 heavy (non-hydrogen) atoms. The number of nitrogens with one attached hydrogen (secondary N) is 1. The van der Waals surface area contributed by atoms with E-state index in [1.165, 1.54) is 30.5 Å². The molecule has 0 aromatic heterocycles. The standard InChI is InChI=1S/C14H19ClN2/c1-10-2-3-11(15)8-14(10)17-7-6-13(9-17)16-12-4-5-12/h2-3,8,12-13,16H,4-7,9H2,1H3. The number of rotatable bonds is 3. The van der Waals surface area contributed by atoms with E-state index in [0.29, 0.717) is 6.04 Å². The van der Waals surface area contributed by atoms with Gasteiger partial charge in [-0.05, 0) is 43.9 Å². The molecule has 3 heteroatoms. The molecule has 1 aliphatic heterocycles. The number of hydrogen-bond acceptors (Lipinski definition) is 2. The lowest BCUT2D eigenvalue weighted by Crippen LogP contribution is -2.34. The zero-order chi connectivity index (χ0) is 11.8. The Balaban J connectivity index is 1.69. The fourth-order valence-corrected chi connectivity index (χ4v) is 2.79. The molecule has 2 aliphatic rings. The van der Waals surface area contributed by atoms with Crippen molar-refractivity contribution in [2.24, 2.45) is 0 Å². The van der Waals surface area contributed by atoms with Crippen LogP contribution < -0.4 is 10.2 Å². The van der Waals surface area contributed by atoms with E-state index in [4.69, 9.17) is 11.6 Å². The minimum Gasteiger partial charge on any atom is -0.370 e. The molecule has 1 N–H and O–H groups in total. The van der Waals surface area contributed by atoms with E-state index in [1.54, 1.807) is 0 Å². The smallest absolute Gasteiger partial charge is 0.0426 e. The van der Waals surface area contributed by atoms with E-state index in [0.717, 1.165) is 24.2 Å². The van der Waals surface area contributed by atoms with Crippen LogP contribution in [-0.4, -0.2) is 25.2 Å². The first-order valence-corrected chi connectivity index (χ1v) is 6.87. The second-order valence-corrected chi connectivity index (χ2v) is 5.74. The van der Waals surface area contributed by atoms with Gasteiger partial charge in [0.2, 0.25) is 0 Å². The normalized spacial score (nSPS) is 24.4. The number of nitrogens with zero attached hydrogens (tertiary/aromatic N) is 1. The molecule has 1 saturated carbocycles. The van der Waals surface area contributed by atoms with Crippen LogP contribution in [0.25, 0.3) is 0 Å². The fraction of sp³-hybridized carbons (Fsp3) is 0.571. The van der Waals surface area contributed by atoms with Crippen molar-refractivity contribution in [2.75, 3.05) is 18.0 Å². The highest BCUT2D eigenvalue weighted by Crippen LogP contribution is 2.28. The SMILES string of the molecule is Cc1ccc(Cl)cc1N1CCC(NC2CC2)C1. The van der Waals surface area contributed by atoms with Gasteiger partial charge in [0.25, 0.3) is 0 Å². The number of halogens is 1. The van der Waals surface area contributed by atoms with Gasteiger partial charge in [0.1, 0.15) is 0 Å². The summed E-state index contributed by atoms with van der Waals surface area (Å²) in [5.74, 6) is 0. The molecule has 0 amide bonds. The Morgan fingerprint density at radius 2 is 2.06 bits per heavy atom.